The van der Waals surface area contributed by atoms with E-state index in [-0.39, 0.29) is 63.5 Å². The number of nitrogens with zero attached hydrogens (tertiary/aromatic N) is 8. The third kappa shape index (κ3) is 62.6. The van der Waals surface area contributed by atoms with Gasteiger partial charge < -0.3 is 48.5 Å². The summed E-state index contributed by atoms with van der Waals surface area (Å²) in [6, 6.07) is 6.73. The summed E-state index contributed by atoms with van der Waals surface area (Å²) in [6.07, 6.45) is 9.88. The van der Waals surface area contributed by atoms with Crippen LogP contribution in [0.5, 0.6) is 0 Å². The minimum Gasteiger partial charge on any atom is -0.481 e. The molecule has 79 heavy (non-hydrogen) atoms. The second kappa shape index (κ2) is 47.8. The van der Waals surface area contributed by atoms with Crippen LogP contribution >= 0.6 is 23.5 Å². The van der Waals surface area contributed by atoms with Gasteiger partial charge in [-0.15, -0.1) is 23.5 Å². The van der Waals surface area contributed by atoms with Crippen LogP contribution in [-0.4, -0.2) is 142 Å². The zero-order valence-electron chi connectivity index (χ0n) is 52.4. The zero-order valence-corrected chi connectivity index (χ0v) is 54.0. The molecule has 0 aliphatic carbocycles. The summed E-state index contributed by atoms with van der Waals surface area (Å²) in [7, 11) is 13.4. The fourth-order valence-corrected chi connectivity index (χ4v) is 4.74. The number of nitro groups is 3. The van der Waals surface area contributed by atoms with Crippen molar-refractivity contribution in [1.82, 2.24) is 24.7 Å². The van der Waals surface area contributed by atoms with Gasteiger partial charge in [-0.1, -0.05) is 103 Å². The molecular formula is C52H103N13O12S2. The Balaban J connectivity index is -0.000000122. The van der Waals surface area contributed by atoms with Crippen LogP contribution in [-0.2, 0) is 30.0 Å². The number of hydrogen-bond acceptors (Lipinski definition) is 23. The maximum atomic E-state index is 11.3. The number of allylic oxidation sites excluding steroid dienone is 1. The normalized spacial score (nSPS) is 10.3. The van der Waals surface area contributed by atoms with E-state index < -0.39 is 20.7 Å². The van der Waals surface area contributed by atoms with Crippen molar-refractivity contribution < 1.29 is 44.1 Å². The third-order valence-electron chi connectivity index (χ3n) is 7.87. The van der Waals surface area contributed by atoms with E-state index in [1.165, 1.54) is 36.0 Å². The van der Waals surface area contributed by atoms with Gasteiger partial charge in [-0.3, -0.25) is 54.5 Å². The van der Waals surface area contributed by atoms with Crippen molar-refractivity contribution in [2.45, 2.75) is 141 Å². The van der Waals surface area contributed by atoms with Crippen LogP contribution in [0, 0.1) is 41.2 Å². The predicted octanol–water partition coefficient (Wildman–Crippen LogP) is 9.02. The lowest BCUT2D eigenvalue weighted by Crippen LogP contribution is -2.41. The number of nitrogen functional groups attached to an aromatic ring is 3. The second-order valence-electron chi connectivity index (χ2n) is 20.8. The molecule has 0 unspecified atom stereocenters. The largest absolute Gasteiger partial charge is 0.481 e. The van der Waals surface area contributed by atoms with Crippen molar-refractivity contribution in [2.75, 3.05) is 85.7 Å². The first-order valence-electron chi connectivity index (χ1n) is 24.3. The maximum absolute atomic E-state index is 11.3. The summed E-state index contributed by atoms with van der Waals surface area (Å²) < 4.78 is 5.85. The summed E-state index contributed by atoms with van der Waals surface area (Å²) in [5, 5.41) is 44.7. The molecule has 0 saturated carbocycles. The van der Waals surface area contributed by atoms with Gasteiger partial charge >= 0.3 is 5.69 Å². The molecule has 0 amide bonds. The number of anilines is 3. The number of aliphatic hydroxyl groups excluding tert-OH is 1. The molecule has 2 aromatic rings. The number of nitrogens with two attached hydrogens (primary N) is 5. The van der Waals surface area contributed by atoms with E-state index in [4.69, 9.17) is 48.4 Å². The number of pyridine rings is 2. The molecular weight excluding hydrogens is 1060 g/mol. The Kier molecular flexibility index (Phi) is 54.2. The number of thioether (sulfide) groups is 2. The number of aliphatic carboxylic acids is 1. The van der Waals surface area contributed by atoms with Gasteiger partial charge in [0.2, 0.25) is 5.82 Å². The molecule has 2 rings (SSSR count). The number of Topliss-reactive ketones (excluding diaryl/α,β-unsaturated/α-hetero) is 1. The molecule has 0 aliphatic rings. The average molecular weight is 1170 g/mol. The Morgan fingerprint density at radius 2 is 1.03 bits per heavy atom. The highest BCUT2D eigenvalue weighted by Crippen LogP contribution is 2.26. The van der Waals surface area contributed by atoms with Crippen molar-refractivity contribution in [3.8, 4) is 0 Å². The minimum atomic E-state index is -0.833. The van der Waals surface area contributed by atoms with E-state index in [0.717, 1.165) is 28.7 Å². The van der Waals surface area contributed by atoms with Gasteiger partial charge in [0.15, 0.2) is 18.0 Å². The number of ether oxygens (including phenoxy) is 1. The Hall–Kier alpha value is -6.13. The Morgan fingerprint density at radius 1 is 0.696 bits per heavy atom. The second-order valence-corrected chi connectivity index (χ2v) is 22.8. The number of carboxylic acid groups (broad SMARTS) is 1. The monoisotopic (exact) mass is 1170 g/mol. The van der Waals surface area contributed by atoms with Gasteiger partial charge in [-0.25, -0.2) is 9.97 Å². The molecule has 12 N–H and O–H groups in total. The highest BCUT2D eigenvalue weighted by atomic mass is 32.2. The molecule has 27 heteroatoms. The first kappa shape index (κ1) is 89.4. The molecule has 0 bridgehead atoms. The number of methoxy groups -OCH3 is 1. The Bertz CT molecular complexity index is 2090. The maximum Gasteiger partial charge on any atom is 0.311 e. The van der Waals surface area contributed by atoms with Crippen molar-refractivity contribution in [1.29, 1.82) is 0 Å². The molecule has 460 valence electrons. The highest BCUT2D eigenvalue weighted by Gasteiger charge is 2.21. The standard InChI is InChI=1S/C9H13N3O2.C9H15N3.C9H17NO.C6H16N2O.C6H12O.C4H7NO2S2.C3H8.C2H5N3O2.C2H4O2.C2H6O/c1-9(2,3)7-5-4-6(12(13)14)8(10)11-7;1-9(2,3)7-5-4-6(10)8(11)12-7;1-9(2,3)8(11)6-7-10(4)5;1-7(2)6(9-5)8(3)4;1-5(7)6(2,3)4;1-8-4(9-2)3-5(6)7;1-3-2;3-2(4)1-5(6)7;1-2(3)4;1-2-3/h4-5H,1-3H3,(H2,10,11);4-5H,10H2,1-3H3,(H2,11,12);6-7H,1-5H3;6H,1-5H3;1-4H3;3H,1-2H3;3H2,1-2H3;1H,3-4H2;1H3,(H,3,4);3H,2H2,1H3/b;;7-6+;;;;;;;. The van der Waals surface area contributed by atoms with E-state index in [1.54, 1.807) is 45.4 Å². The van der Waals surface area contributed by atoms with Crippen molar-refractivity contribution in [2.24, 2.45) is 22.3 Å². The summed E-state index contributed by atoms with van der Waals surface area (Å²) >= 11 is 2.76. The third-order valence-corrected chi connectivity index (χ3v) is 9.89. The fourth-order valence-electron chi connectivity index (χ4n) is 3.69. The van der Waals surface area contributed by atoms with Gasteiger partial charge in [0.25, 0.3) is 18.4 Å². The van der Waals surface area contributed by atoms with Gasteiger partial charge in [0.1, 0.15) is 15.8 Å². The minimum absolute atomic E-state index is 0.0255. The predicted molar refractivity (Wildman–Crippen MR) is 329 cm³/mol. The van der Waals surface area contributed by atoms with Crippen LogP contribution in [0.2, 0.25) is 0 Å². The molecule has 0 fully saturated rings. The number of rotatable bonds is 10. The van der Waals surface area contributed by atoms with Gasteiger partial charge in [0, 0.05) is 80.0 Å². The molecule has 0 radical (unpaired) electrons. The Morgan fingerprint density at radius 3 is 1.19 bits per heavy atom. The van der Waals surface area contributed by atoms with E-state index in [9.17, 15) is 39.9 Å². The molecule has 2 heterocycles. The van der Waals surface area contributed by atoms with Gasteiger partial charge in [0.05, 0.1) is 20.5 Å². The van der Waals surface area contributed by atoms with Crippen LogP contribution in [0.25, 0.3) is 0 Å². The smallest absolute Gasteiger partial charge is 0.311 e. The summed E-state index contributed by atoms with van der Waals surface area (Å²) in [4.78, 5) is 72.8. The number of ketones is 2. The Labute approximate surface area is 481 Å². The van der Waals surface area contributed by atoms with Crippen molar-refractivity contribution in [3.63, 3.8) is 0 Å². The fraction of sp³-hybridized carbons (Fsp3) is 0.635. The number of carbonyl (C=O) groups is 3. The number of carbonyl (C=O) groups excluding carboxylic acids is 2. The molecule has 0 aliphatic heterocycles. The number of aromatic nitrogens is 2. The van der Waals surface area contributed by atoms with Crippen LogP contribution in [0.15, 0.2) is 59.0 Å². The van der Waals surface area contributed by atoms with Crippen molar-refractivity contribution in [3.05, 3.63) is 101 Å². The van der Waals surface area contributed by atoms with E-state index in [1.807, 2.05) is 138 Å². The molecule has 0 aromatic carbocycles. The first-order chi connectivity index (χ1) is 35.5. The topological polar surface area (TPSA) is 396 Å². The van der Waals surface area contributed by atoms with Crippen LogP contribution in [0.4, 0.5) is 23.0 Å². The van der Waals surface area contributed by atoms with Crippen LogP contribution in [0.1, 0.15) is 136 Å². The highest BCUT2D eigenvalue weighted by molar-refractivity contribution is 8.21. The number of hydrogen-bond donors (Lipinski definition) is 7. The molecule has 0 spiro atoms. The zero-order chi connectivity index (χ0) is 65.0. The average Bonchev–Trinajstić information content (AvgIpc) is 3.25. The van der Waals surface area contributed by atoms with Crippen LogP contribution in [0.3, 0.4) is 0 Å². The summed E-state index contributed by atoms with van der Waals surface area (Å²) in [5.41, 5.74) is 27.6. The first-order valence-corrected chi connectivity index (χ1v) is 26.7. The molecule has 0 atom stereocenters. The molecule has 25 nitrogen and oxygen atoms in total. The lowest BCUT2D eigenvalue weighted by Gasteiger charge is -2.28. The molecule has 0 saturated heterocycles. The summed E-state index contributed by atoms with van der Waals surface area (Å²) in [6.45, 7) is 32.5. The summed E-state index contributed by atoms with van der Waals surface area (Å²) in [5.74, 6) is -0.325. The lowest BCUT2D eigenvalue weighted by atomic mass is 9.91. The molecule has 2 aromatic heterocycles. The van der Waals surface area contributed by atoms with Crippen LogP contribution < -0.4 is 28.7 Å². The lowest BCUT2D eigenvalue weighted by molar-refractivity contribution is -0.403. The number of aliphatic hydroxyl groups is 1. The van der Waals surface area contributed by atoms with E-state index in [0.29, 0.717) is 17.7 Å². The SMILES string of the molecule is CC(=O)C(C)(C)C.CC(=O)O.CC(C)(C)c1ccc(N)c(N)n1.CC(C)(C)c1ccc([N+](=O)[O-])c(N)n1.CCC.CCO.CN(C)/C=C/C(=O)C(C)(C)C.COC(N(C)C)N(C)C.CSC(=C[N+](=O)[O-])SC.NC(N)=C[N+](=O)[O-]. The van der Waals surface area contributed by atoms with Crippen molar-refractivity contribution >= 4 is 64.1 Å². The quantitative estimate of drug-likeness (QED) is 0.0504. The number of carboxylic acids is 1. The van der Waals surface area contributed by atoms with E-state index in [2.05, 4.69) is 44.6 Å². The van der Waals surface area contributed by atoms with Gasteiger partial charge in [-0.05, 0) is 78.8 Å². The van der Waals surface area contributed by atoms with Gasteiger partial charge in [-0.2, -0.15) is 0 Å². The van der Waals surface area contributed by atoms with E-state index >= 15 is 0 Å².